The molecule has 51 heavy (non-hydrogen) atoms. The number of hydrogen-bond acceptors (Lipinski definition) is 5. The molecule has 1 aliphatic heterocycles. The summed E-state index contributed by atoms with van der Waals surface area (Å²) in [6.45, 7) is 0. The zero-order valence-corrected chi connectivity index (χ0v) is 27.2. The first-order valence-corrected chi connectivity index (χ1v) is 17.1. The fourth-order valence-electron chi connectivity index (χ4n) is 7.84. The van der Waals surface area contributed by atoms with Gasteiger partial charge in [-0.15, -0.1) is 0 Å². The zero-order valence-electron chi connectivity index (χ0n) is 27.2. The van der Waals surface area contributed by atoms with Crippen molar-refractivity contribution >= 4 is 77.4 Å². The van der Waals surface area contributed by atoms with Gasteiger partial charge in [0.2, 0.25) is 0 Å². The minimum Gasteiger partial charge on any atom is -0.455 e. The second-order valence-electron chi connectivity index (χ2n) is 13.0. The fraction of sp³-hybridized carbons (Fsp3) is 0.0222. The molecule has 1 unspecified atom stereocenters. The molecule has 0 saturated carbocycles. The molecule has 0 spiro atoms. The SMILES string of the molecule is c1ccc(C2=NC(c3cccc4oc5c(-n6c7ccccc7c7ccccc76)cccc5c34)NC(c3cccc4c3oc3ccccc34)=N2)cc1. The highest BCUT2D eigenvalue weighted by Crippen LogP contribution is 2.41. The number of furan rings is 2. The second kappa shape index (κ2) is 10.8. The molecule has 0 amide bonds. The lowest BCUT2D eigenvalue weighted by Crippen LogP contribution is -2.33. The Kier molecular flexibility index (Phi) is 5.92. The smallest absolute Gasteiger partial charge is 0.159 e. The van der Waals surface area contributed by atoms with Crippen molar-refractivity contribution in [3.05, 3.63) is 174 Å². The van der Waals surface area contributed by atoms with Crippen molar-refractivity contribution in [1.29, 1.82) is 0 Å². The van der Waals surface area contributed by atoms with Crippen LogP contribution in [0.3, 0.4) is 0 Å². The van der Waals surface area contributed by atoms with E-state index in [1.54, 1.807) is 0 Å². The Morgan fingerprint density at radius 3 is 1.96 bits per heavy atom. The Morgan fingerprint density at radius 2 is 1.14 bits per heavy atom. The molecule has 0 fully saturated rings. The molecule has 0 bridgehead atoms. The number of aromatic nitrogens is 1. The van der Waals surface area contributed by atoms with Gasteiger partial charge in [-0.2, -0.15) is 0 Å². The Hall–Kier alpha value is -6.92. The normalized spacial score (nSPS) is 14.9. The largest absolute Gasteiger partial charge is 0.455 e. The van der Waals surface area contributed by atoms with E-state index in [2.05, 4.69) is 119 Å². The predicted molar refractivity (Wildman–Crippen MR) is 207 cm³/mol. The van der Waals surface area contributed by atoms with Crippen molar-refractivity contribution in [3.8, 4) is 5.69 Å². The van der Waals surface area contributed by atoms with Crippen LogP contribution in [0.15, 0.2) is 177 Å². The second-order valence-corrected chi connectivity index (χ2v) is 13.0. The van der Waals surface area contributed by atoms with Crippen LogP contribution in [-0.2, 0) is 0 Å². The van der Waals surface area contributed by atoms with Gasteiger partial charge in [-0.1, -0.05) is 121 Å². The molecule has 240 valence electrons. The molecule has 4 heterocycles. The first-order chi connectivity index (χ1) is 25.3. The highest BCUT2D eigenvalue weighted by molar-refractivity contribution is 6.20. The van der Waals surface area contributed by atoms with Crippen LogP contribution in [0.2, 0.25) is 0 Å². The molecule has 0 aliphatic carbocycles. The van der Waals surface area contributed by atoms with E-state index in [4.69, 9.17) is 18.8 Å². The van der Waals surface area contributed by atoms with Crippen molar-refractivity contribution in [2.45, 2.75) is 6.17 Å². The first kappa shape index (κ1) is 28.0. The Balaban J connectivity index is 1.12. The quantitative estimate of drug-likeness (QED) is 0.205. The maximum absolute atomic E-state index is 6.81. The van der Waals surface area contributed by atoms with Gasteiger partial charge >= 0.3 is 0 Å². The van der Waals surface area contributed by atoms with Gasteiger partial charge in [0, 0.05) is 43.4 Å². The van der Waals surface area contributed by atoms with Crippen LogP contribution < -0.4 is 5.32 Å². The summed E-state index contributed by atoms with van der Waals surface area (Å²) in [5.74, 6) is 1.35. The Labute approximate surface area is 291 Å². The minimum absolute atomic E-state index is 0.450. The summed E-state index contributed by atoms with van der Waals surface area (Å²) in [4.78, 5) is 10.4. The van der Waals surface area contributed by atoms with Crippen LogP contribution in [0, 0.1) is 0 Å². The molecule has 1 N–H and O–H groups in total. The van der Waals surface area contributed by atoms with Gasteiger partial charge in [0.05, 0.1) is 22.3 Å². The summed E-state index contributed by atoms with van der Waals surface area (Å²) in [6.07, 6.45) is -0.450. The van der Waals surface area contributed by atoms with Crippen molar-refractivity contribution in [2.24, 2.45) is 9.98 Å². The predicted octanol–water partition coefficient (Wildman–Crippen LogP) is 11.1. The van der Waals surface area contributed by atoms with Crippen LogP contribution in [0.5, 0.6) is 0 Å². The van der Waals surface area contributed by atoms with Crippen molar-refractivity contribution in [2.75, 3.05) is 0 Å². The molecule has 7 aromatic carbocycles. The van der Waals surface area contributed by atoms with Crippen LogP contribution in [-0.4, -0.2) is 16.2 Å². The summed E-state index contributed by atoms with van der Waals surface area (Å²) in [5, 5.41) is 10.3. The molecular weight excluding hydrogens is 629 g/mol. The third kappa shape index (κ3) is 4.17. The van der Waals surface area contributed by atoms with Gasteiger partial charge in [0.25, 0.3) is 0 Å². The van der Waals surface area contributed by atoms with E-state index in [1.165, 1.54) is 10.8 Å². The lowest BCUT2D eigenvalue weighted by Gasteiger charge is -2.24. The van der Waals surface area contributed by atoms with Gasteiger partial charge in [0.1, 0.15) is 28.8 Å². The minimum atomic E-state index is -0.450. The average Bonchev–Trinajstić information content (AvgIpc) is 3.88. The van der Waals surface area contributed by atoms with E-state index in [-0.39, 0.29) is 0 Å². The molecule has 0 radical (unpaired) electrons. The first-order valence-electron chi connectivity index (χ1n) is 17.1. The molecule has 3 aromatic heterocycles. The molecule has 0 saturated heterocycles. The molecule has 10 aromatic rings. The van der Waals surface area contributed by atoms with Gasteiger partial charge in [-0.25, -0.2) is 9.98 Å². The third-order valence-corrected chi connectivity index (χ3v) is 10.1. The number of amidine groups is 2. The number of fused-ring (bicyclic) bond motifs is 9. The topological polar surface area (TPSA) is 68.0 Å². The Morgan fingerprint density at radius 1 is 0.510 bits per heavy atom. The van der Waals surface area contributed by atoms with Gasteiger partial charge in [-0.05, 0) is 36.4 Å². The number of rotatable bonds is 4. The highest BCUT2D eigenvalue weighted by Gasteiger charge is 2.27. The molecule has 6 heteroatoms. The van der Waals surface area contributed by atoms with Crippen LogP contribution in [0.4, 0.5) is 0 Å². The number of hydrogen-bond donors (Lipinski definition) is 1. The summed E-state index contributed by atoms with van der Waals surface area (Å²) >= 11 is 0. The zero-order chi connectivity index (χ0) is 33.5. The summed E-state index contributed by atoms with van der Waals surface area (Å²) in [6, 6.07) is 54.3. The van der Waals surface area contributed by atoms with E-state index in [1.807, 2.05) is 48.5 Å². The van der Waals surface area contributed by atoms with E-state index >= 15 is 0 Å². The van der Waals surface area contributed by atoms with E-state index < -0.39 is 6.17 Å². The maximum Gasteiger partial charge on any atom is 0.159 e. The lowest BCUT2D eigenvalue weighted by molar-refractivity contribution is 0.656. The molecule has 11 rings (SSSR count). The standard InChI is InChI=1S/C45H28N4O2/c1-2-13-27(14-3-1)43-46-44(48-45(47-43)34-21-10-18-31-30-17-6-9-25-38(30)50-41(31)34)33-20-12-26-39-40(33)32-19-11-24-37(42(32)51-39)49-35-22-7-4-15-28(35)29-16-5-8-23-36(29)49/h1-26,44H,(H,46,47,48). The van der Waals surface area contributed by atoms with Gasteiger partial charge in [0.15, 0.2) is 11.4 Å². The summed E-state index contributed by atoms with van der Waals surface area (Å²) < 4.78 is 15.6. The monoisotopic (exact) mass is 656 g/mol. The number of benzene rings is 7. The highest BCUT2D eigenvalue weighted by atomic mass is 16.3. The molecule has 1 atom stereocenters. The van der Waals surface area contributed by atoms with E-state index in [9.17, 15) is 0 Å². The van der Waals surface area contributed by atoms with Gasteiger partial charge in [-0.3, -0.25) is 0 Å². The third-order valence-electron chi connectivity index (χ3n) is 10.1. The van der Waals surface area contributed by atoms with E-state index in [0.29, 0.717) is 11.7 Å². The molecular formula is C45H28N4O2. The number of nitrogens with zero attached hydrogens (tertiary/aromatic N) is 3. The summed E-state index contributed by atoms with van der Waals surface area (Å²) in [7, 11) is 0. The fourth-order valence-corrected chi connectivity index (χ4v) is 7.84. The number of para-hydroxylation sites is 5. The maximum atomic E-state index is 6.81. The Bertz CT molecular complexity index is 3020. The molecule has 6 nitrogen and oxygen atoms in total. The van der Waals surface area contributed by atoms with Crippen LogP contribution in [0.25, 0.3) is 71.4 Å². The average molecular weight is 657 g/mol. The van der Waals surface area contributed by atoms with E-state index in [0.717, 1.165) is 77.3 Å². The molecule has 1 aliphatic rings. The van der Waals surface area contributed by atoms with Crippen molar-refractivity contribution in [1.82, 2.24) is 9.88 Å². The lowest BCUT2D eigenvalue weighted by atomic mass is 10.0. The number of aliphatic imine (C=N–C) groups is 2. The van der Waals surface area contributed by atoms with Gasteiger partial charge < -0.3 is 18.7 Å². The van der Waals surface area contributed by atoms with Crippen molar-refractivity contribution < 1.29 is 8.83 Å². The number of nitrogens with one attached hydrogen (secondary N) is 1. The summed E-state index contributed by atoms with van der Waals surface area (Å²) in [5.41, 5.74) is 9.37. The van der Waals surface area contributed by atoms with Crippen molar-refractivity contribution in [3.63, 3.8) is 0 Å². The van der Waals surface area contributed by atoms with Crippen LogP contribution in [0.1, 0.15) is 22.9 Å². The van der Waals surface area contributed by atoms with Crippen LogP contribution >= 0.6 is 0 Å².